The van der Waals surface area contributed by atoms with Gasteiger partial charge in [-0.15, -0.1) is 0 Å². The summed E-state index contributed by atoms with van der Waals surface area (Å²) in [5.41, 5.74) is 6.30. The molecule has 6 heteroatoms. The first kappa shape index (κ1) is 16.9. The fourth-order valence-corrected chi connectivity index (χ4v) is 2.51. The number of nitrogens with two attached hydrogens (primary N) is 1. The highest BCUT2D eigenvalue weighted by molar-refractivity contribution is 5.92. The quantitative estimate of drug-likeness (QED) is 0.829. The van der Waals surface area contributed by atoms with Gasteiger partial charge >= 0.3 is 5.97 Å². The summed E-state index contributed by atoms with van der Waals surface area (Å²) < 4.78 is 6.30. The van der Waals surface area contributed by atoms with Gasteiger partial charge in [-0.05, 0) is 32.3 Å². The molecule has 116 valence electrons. The second-order valence-corrected chi connectivity index (χ2v) is 5.31. The van der Waals surface area contributed by atoms with Gasteiger partial charge in [-0.3, -0.25) is 14.2 Å². The molecule has 1 unspecified atom stereocenters. The Balaban J connectivity index is 3.61. The number of primary amides is 1. The number of carbonyl (C=O) groups is 2. The maximum absolute atomic E-state index is 12.2. The van der Waals surface area contributed by atoms with E-state index in [-0.39, 0.29) is 18.1 Å². The minimum atomic E-state index is -0.800. The van der Waals surface area contributed by atoms with Gasteiger partial charge in [0.25, 0.3) is 5.56 Å². The van der Waals surface area contributed by atoms with Crippen molar-refractivity contribution < 1.29 is 14.3 Å². The van der Waals surface area contributed by atoms with Crippen molar-refractivity contribution >= 4 is 11.9 Å². The van der Waals surface area contributed by atoms with Crippen LogP contribution in [0.5, 0.6) is 0 Å². The van der Waals surface area contributed by atoms with Crippen LogP contribution in [0.3, 0.4) is 0 Å². The number of esters is 1. The van der Waals surface area contributed by atoms with E-state index in [0.717, 1.165) is 0 Å². The van der Waals surface area contributed by atoms with Gasteiger partial charge in [-0.1, -0.05) is 13.8 Å². The third kappa shape index (κ3) is 3.32. The van der Waals surface area contributed by atoms with Crippen LogP contribution < -0.4 is 11.3 Å². The summed E-state index contributed by atoms with van der Waals surface area (Å²) in [5, 5.41) is 0. The summed E-state index contributed by atoms with van der Waals surface area (Å²) in [6.45, 7) is 8.83. The summed E-state index contributed by atoms with van der Waals surface area (Å²) in [4.78, 5) is 36.0. The average Bonchev–Trinajstić information content (AvgIpc) is 2.33. The van der Waals surface area contributed by atoms with Gasteiger partial charge < -0.3 is 10.5 Å². The topological polar surface area (TPSA) is 91.4 Å². The van der Waals surface area contributed by atoms with Crippen molar-refractivity contribution in [1.82, 2.24) is 4.57 Å². The SMILES string of the molecule is CCOC(=O)c1c(C)cc(=O)n(C(C(N)=O)C(C)C)c1C. The van der Waals surface area contributed by atoms with Crippen LogP contribution in [0, 0.1) is 19.8 Å². The molecule has 21 heavy (non-hydrogen) atoms. The van der Waals surface area contributed by atoms with E-state index in [1.165, 1.54) is 10.6 Å². The Morgan fingerprint density at radius 1 is 1.33 bits per heavy atom. The maximum Gasteiger partial charge on any atom is 0.340 e. The molecule has 0 fully saturated rings. The lowest BCUT2D eigenvalue weighted by molar-refractivity contribution is -0.122. The lowest BCUT2D eigenvalue weighted by Crippen LogP contribution is -2.39. The van der Waals surface area contributed by atoms with Crippen molar-refractivity contribution in [2.45, 2.75) is 40.7 Å². The van der Waals surface area contributed by atoms with E-state index in [9.17, 15) is 14.4 Å². The molecule has 0 aliphatic carbocycles. The highest BCUT2D eigenvalue weighted by Gasteiger charge is 2.27. The van der Waals surface area contributed by atoms with Crippen LogP contribution in [-0.2, 0) is 9.53 Å². The standard InChI is InChI=1S/C15H22N2O4/c1-6-21-15(20)12-9(4)7-11(18)17(10(12)5)13(8(2)3)14(16)19/h7-8,13H,6H2,1-5H3,(H2,16,19). The molecule has 0 spiro atoms. The summed E-state index contributed by atoms with van der Waals surface area (Å²) >= 11 is 0. The number of aromatic nitrogens is 1. The molecule has 1 rings (SSSR count). The van der Waals surface area contributed by atoms with Crippen molar-refractivity contribution in [3.05, 3.63) is 33.2 Å². The number of nitrogens with zero attached hydrogens (tertiary/aromatic N) is 1. The summed E-state index contributed by atoms with van der Waals surface area (Å²) in [5.74, 6) is -1.28. The van der Waals surface area contributed by atoms with Crippen LogP contribution in [0.1, 0.15) is 48.4 Å². The van der Waals surface area contributed by atoms with Crippen molar-refractivity contribution in [1.29, 1.82) is 0 Å². The molecule has 0 saturated carbocycles. The number of ether oxygens (including phenoxy) is 1. The zero-order chi connectivity index (χ0) is 16.3. The second-order valence-electron chi connectivity index (χ2n) is 5.31. The third-order valence-electron chi connectivity index (χ3n) is 3.38. The molecule has 1 heterocycles. The number of rotatable bonds is 5. The minimum absolute atomic E-state index is 0.170. The second kappa shape index (κ2) is 6.56. The van der Waals surface area contributed by atoms with E-state index >= 15 is 0 Å². The van der Waals surface area contributed by atoms with Crippen LogP contribution in [-0.4, -0.2) is 23.1 Å². The van der Waals surface area contributed by atoms with Crippen molar-refractivity contribution in [3.8, 4) is 0 Å². The van der Waals surface area contributed by atoms with Crippen molar-refractivity contribution in [3.63, 3.8) is 0 Å². The Kier molecular flexibility index (Phi) is 5.29. The minimum Gasteiger partial charge on any atom is -0.462 e. The lowest BCUT2D eigenvalue weighted by Gasteiger charge is -2.24. The number of amides is 1. The normalized spacial score (nSPS) is 12.3. The monoisotopic (exact) mass is 294 g/mol. The van der Waals surface area contributed by atoms with Gasteiger partial charge in [0.05, 0.1) is 12.2 Å². The summed E-state index contributed by atoms with van der Waals surface area (Å²) in [6, 6.07) is 0.531. The number of hydrogen-bond donors (Lipinski definition) is 1. The average molecular weight is 294 g/mol. The summed E-state index contributed by atoms with van der Waals surface area (Å²) in [6.07, 6.45) is 0. The summed E-state index contributed by atoms with van der Waals surface area (Å²) in [7, 11) is 0. The van der Waals surface area contributed by atoms with E-state index < -0.39 is 17.9 Å². The van der Waals surface area contributed by atoms with E-state index in [2.05, 4.69) is 0 Å². The molecular formula is C15H22N2O4. The zero-order valence-corrected chi connectivity index (χ0v) is 13.1. The number of aryl methyl sites for hydroxylation is 1. The molecular weight excluding hydrogens is 272 g/mol. The molecule has 1 aromatic heterocycles. The third-order valence-corrected chi connectivity index (χ3v) is 3.38. The highest BCUT2D eigenvalue weighted by Crippen LogP contribution is 2.21. The largest absolute Gasteiger partial charge is 0.462 e. The van der Waals surface area contributed by atoms with E-state index in [4.69, 9.17) is 10.5 Å². The Labute approximate surface area is 123 Å². The van der Waals surface area contributed by atoms with Gasteiger partial charge in [0.2, 0.25) is 5.91 Å². The Morgan fingerprint density at radius 3 is 2.33 bits per heavy atom. The molecule has 1 aromatic rings. The maximum atomic E-state index is 12.2. The molecule has 0 saturated heterocycles. The van der Waals surface area contributed by atoms with Crippen LogP contribution in [0.2, 0.25) is 0 Å². The van der Waals surface area contributed by atoms with Gasteiger partial charge in [0, 0.05) is 11.8 Å². The first-order chi connectivity index (χ1) is 9.72. The Bertz CT molecular complexity index is 617. The highest BCUT2D eigenvalue weighted by atomic mass is 16.5. The van der Waals surface area contributed by atoms with Gasteiger partial charge in [0.15, 0.2) is 0 Å². The molecule has 0 aliphatic rings. The van der Waals surface area contributed by atoms with Crippen LogP contribution in [0.15, 0.2) is 10.9 Å². The fourth-order valence-electron chi connectivity index (χ4n) is 2.51. The van der Waals surface area contributed by atoms with Gasteiger partial charge in [-0.25, -0.2) is 4.79 Å². The van der Waals surface area contributed by atoms with Crippen molar-refractivity contribution in [2.75, 3.05) is 6.61 Å². The Hall–Kier alpha value is -2.11. The molecule has 6 nitrogen and oxygen atoms in total. The molecule has 1 amide bonds. The van der Waals surface area contributed by atoms with Crippen molar-refractivity contribution in [2.24, 2.45) is 11.7 Å². The number of hydrogen-bond acceptors (Lipinski definition) is 4. The lowest BCUT2D eigenvalue weighted by atomic mass is 10.0. The molecule has 0 aromatic carbocycles. The van der Waals surface area contributed by atoms with E-state index in [1.54, 1.807) is 34.6 Å². The molecule has 2 N–H and O–H groups in total. The van der Waals surface area contributed by atoms with Crippen LogP contribution in [0.4, 0.5) is 0 Å². The Morgan fingerprint density at radius 2 is 1.90 bits per heavy atom. The number of carbonyl (C=O) groups excluding carboxylic acids is 2. The smallest absolute Gasteiger partial charge is 0.340 e. The van der Waals surface area contributed by atoms with Crippen LogP contribution >= 0.6 is 0 Å². The first-order valence-electron chi connectivity index (χ1n) is 6.91. The molecule has 0 aliphatic heterocycles. The van der Waals surface area contributed by atoms with E-state index in [1.807, 2.05) is 0 Å². The molecule has 0 radical (unpaired) electrons. The first-order valence-corrected chi connectivity index (χ1v) is 6.91. The fraction of sp³-hybridized carbons (Fsp3) is 0.533. The number of pyridine rings is 1. The molecule has 0 bridgehead atoms. The predicted octanol–water partition coefficient (Wildman–Crippen LogP) is 1.32. The predicted molar refractivity (Wildman–Crippen MR) is 79.2 cm³/mol. The van der Waals surface area contributed by atoms with Gasteiger partial charge in [-0.2, -0.15) is 0 Å². The van der Waals surface area contributed by atoms with E-state index in [0.29, 0.717) is 16.8 Å². The van der Waals surface area contributed by atoms with Crippen LogP contribution in [0.25, 0.3) is 0 Å². The molecule has 1 atom stereocenters. The zero-order valence-electron chi connectivity index (χ0n) is 13.1. The van der Waals surface area contributed by atoms with Gasteiger partial charge in [0.1, 0.15) is 6.04 Å².